The summed E-state index contributed by atoms with van der Waals surface area (Å²) < 4.78 is 0. The summed E-state index contributed by atoms with van der Waals surface area (Å²) in [5.41, 5.74) is 1.09. The lowest BCUT2D eigenvalue weighted by atomic mass is 10.2. The summed E-state index contributed by atoms with van der Waals surface area (Å²) in [6, 6.07) is 0.410. The van der Waals surface area contributed by atoms with Crippen LogP contribution in [0.4, 0.5) is 11.6 Å². The molecule has 0 saturated heterocycles. The second kappa shape index (κ2) is 7.46. The van der Waals surface area contributed by atoms with Crippen LogP contribution in [-0.2, 0) is 6.42 Å². The standard InChI is InChI=1S/C13H24N4S/c1-6-7-11-16-12(14-4)10(3)13(17-11)15-9(2)8-18-5/h9H,6-8H2,1-5H3,(H2,14,15,16,17). The molecular formula is C13H24N4S. The molecule has 0 fully saturated rings. The number of thioether (sulfide) groups is 1. The van der Waals surface area contributed by atoms with Crippen molar-refractivity contribution in [2.75, 3.05) is 29.7 Å². The molecule has 4 nitrogen and oxygen atoms in total. The van der Waals surface area contributed by atoms with E-state index in [1.807, 2.05) is 18.8 Å². The van der Waals surface area contributed by atoms with Gasteiger partial charge in [0.15, 0.2) is 0 Å². The zero-order chi connectivity index (χ0) is 13.5. The Hall–Kier alpha value is -0.970. The minimum atomic E-state index is 0.410. The third kappa shape index (κ3) is 4.05. The second-order valence-corrected chi connectivity index (χ2v) is 5.37. The molecular weight excluding hydrogens is 244 g/mol. The van der Waals surface area contributed by atoms with Crippen LogP contribution in [0.2, 0.25) is 0 Å². The lowest BCUT2D eigenvalue weighted by Crippen LogP contribution is -2.20. The molecule has 0 saturated carbocycles. The molecule has 102 valence electrons. The minimum Gasteiger partial charge on any atom is -0.373 e. The second-order valence-electron chi connectivity index (χ2n) is 4.46. The van der Waals surface area contributed by atoms with Gasteiger partial charge in [0.05, 0.1) is 0 Å². The van der Waals surface area contributed by atoms with Gasteiger partial charge in [-0.05, 0) is 26.5 Å². The summed E-state index contributed by atoms with van der Waals surface area (Å²) in [4.78, 5) is 9.15. The zero-order valence-electron chi connectivity index (χ0n) is 12.0. The van der Waals surface area contributed by atoms with Gasteiger partial charge in [-0.1, -0.05) is 6.92 Å². The van der Waals surface area contributed by atoms with Crippen molar-refractivity contribution >= 4 is 23.4 Å². The van der Waals surface area contributed by atoms with Gasteiger partial charge in [-0.2, -0.15) is 11.8 Å². The van der Waals surface area contributed by atoms with E-state index in [1.54, 1.807) is 0 Å². The Kier molecular flexibility index (Phi) is 6.25. The maximum atomic E-state index is 4.62. The highest BCUT2D eigenvalue weighted by Gasteiger charge is 2.11. The van der Waals surface area contributed by atoms with Gasteiger partial charge in [0.1, 0.15) is 17.5 Å². The number of aryl methyl sites for hydroxylation is 1. The predicted molar refractivity (Wildman–Crippen MR) is 81.8 cm³/mol. The lowest BCUT2D eigenvalue weighted by molar-refractivity contribution is 0.821. The number of rotatable bonds is 7. The number of nitrogens with one attached hydrogen (secondary N) is 2. The summed E-state index contributed by atoms with van der Waals surface area (Å²) in [5.74, 6) is 3.86. The molecule has 0 radical (unpaired) electrons. The van der Waals surface area contributed by atoms with Gasteiger partial charge >= 0.3 is 0 Å². The molecule has 2 N–H and O–H groups in total. The van der Waals surface area contributed by atoms with Crippen LogP contribution < -0.4 is 10.6 Å². The Bertz CT molecular complexity index is 381. The molecule has 1 aromatic rings. The van der Waals surface area contributed by atoms with Crippen molar-refractivity contribution in [2.24, 2.45) is 0 Å². The average Bonchev–Trinajstić information content (AvgIpc) is 2.33. The number of anilines is 2. The quantitative estimate of drug-likeness (QED) is 0.796. The average molecular weight is 268 g/mol. The maximum Gasteiger partial charge on any atom is 0.135 e. The van der Waals surface area contributed by atoms with Crippen LogP contribution in [0.15, 0.2) is 0 Å². The van der Waals surface area contributed by atoms with E-state index in [0.29, 0.717) is 6.04 Å². The fourth-order valence-electron chi connectivity index (χ4n) is 1.81. The van der Waals surface area contributed by atoms with Gasteiger partial charge in [-0.15, -0.1) is 0 Å². The van der Waals surface area contributed by atoms with Crippen molar-refractivity contribution < 1.29 is 0 Å². The fraction of sp³-hybridized carbons (Fsp3) is 0.692. The van der Waals surface area contributed by atoms with E-state index in [2.05, 4.69) is 47.6 Å². The first-order chi connectivity index (χ1) is 8.62. The molecule has 1 rings (SSSR count). The molecule has 1 atom stereocenters. The zero-order valence-corrected chi connectivity index (χ0v) is 12.8. The molecule has 1 aromatic heterocycles. The molecule has 18 heavy (non-hydrogen) atoms. The van der Waals surface area contributed by atoms with Gasteiger partial charge in [0.2, 0.25) is 0 Å². The van der Waals surface area contributed by atoms with Crippen LogP contribution in [0.5, 0.6) is 0 Å². The van der Waals surface area contributed by atoms with Crippen LogP contribution in [0.1, 0.15) is 31.7 Å². The Morgan fingerprint density at radius 2 is 1.94 bits per heavy atom. The topological polar surface area (TPSA) is 49.8 Å². The van der Waals surface area contributed by atoms with Crippen molar-refractivity contribution in [3.63, 3.8) is 0 Å². The Morgan fingerprint density at radius 1 is 1.28 bits per heavy atom. The molecule has 1 heterocycles. The predicted octanol–water partition coefficient (Wildman–Crippen LogP) is 2.94. The SMILES string of the molecule is CCCc1nc(NC)c(C)c(NC(C)CSC)n1. The first-order valence-electron chi connectivity index (χ1n) is 6.43. The molecule has 0 aliphatic heterocycles. The largest absolute Gasteiger partial charge is 0.373 e. The van der Waals surface area contributed by atoms with E-state index >= 15 is 0 Å². The highest BCUT2D eigenvalue weighted by Crippen LogP contribution is 2.21. The van der Waals surface area contributed by atoms with Crippen molar-refractivity contribution in [3.05, 3.63) is 11.4 Å². The van der Waals surface area contributed by atoms with Crippen LogP contribution in [-0.4, -0.2) is 35.1 Å². The van der Waals surface area contributed by atoms with E-state index in [1.165, 1.54) is 0 Å². The van der Waals surface area contributed by atoms with E-state index in [9.17, 15) is 0 Å². The summed E-state index contributed by atoms with van der Waals surface area (Å²) in [5, 5.41) is 6.62. The molecule has 1 unspecified atom stereocenters. The van der Waals surface area contributed by atoms with Crippen LogP contribution in [0.25, 0.3) is 0 Å². The highest BCUT2D eigenvalue weighted by atomic mass is 32.2. The van der Waals surface area contributed by atoms with Crippen molar-refractivity contribution in [2.45, 2.75) is 39.7 Å². The summed E-state index contributed by atoms with van der Waals surface area (Å²) in [7, 11) is 1.90. The fourth-order valence-corrected chi connectivity index (χ4v) is 2.39. The normalized spacial score (nSPS) is 12.3. The lowest BCUT2D eigenvalue weighted by Gasteiger charge is -2.17. The summed E-state index contributed by atoms with van der Waals surface area (Å²) >= 11 is 1.84. The van der Waals surface area contributed by atoms with E-state index in [0.717, 1.165) is 41.6 Å². The molecule has 0 aliphatic rings. The van der Waals surface area contributed by atoms with Gasteiger partial charge in [0, 0.05) is 30.8 Å². The highest BCUT2D eigenvalue weighted by molar-refractivity contribution is 7.98. The van der Waals surface area contributed by atoms with Gasteiger partial charge in [-0.25, -0.2) is 9.97 Å². The van der Waals surface area contributed by atoms with Gasteiger partial charge in [0.25, 0.3) is 0 Å². The Balaban J connectivity index is 2.96. The summed E-state index contributed by atoms with van der Waals surface area (Å²) in [6.45, 7) is 6.37. The molecule has 0 spiro atoms. The van der Waals surface area contributed by atoms with Gasteiger partial charge < -0.3 is 10.6 Å². The molecule has 0 bridgehead atoms. The third-order valence-electron chi connectivity index (χ3n) is 2.70. The van der Waals surface area contributed by atoms with Gasteiger partial charge in [-0.3, -0.25) is 0 Å². The maximum absolute atomic E-state index is 4.62. The number of hydrogen-bond acceptors (Lipinski definition) is 5. The minimum absolute atomic E-state index is 0.410. The Morgan fingerprint density at radius 3 is 2.50 bits per heavy atom. The number of nitrogens with zero attached hydrogens (tertiary/aromatic N) is 2. The summed E-state index contributed by atoms with van der Waals surface area (Å²) in [6.07, 6.45) is 4.10. The Labute approximate surface area is 114 Å². The first kappa shape index (κ1) is 15.1. The van der Waals surface area contributed by atoms with Crippen LogP contribution in [0.3, 0.4) is 0 Å². The van der Waals surface area contributed by atoms with Crippen LogP contribution >= 0.6 is 11.8 Å². The molecule has 5 heteroatoms. The van der Waals surface area contributed by atoms with Crippen molar-refractivity contribution in [3.8, 4) is 0 Å². The van der Waals surface area contributed by atoms with Crippen molar-refractivity contribution in [1.29, 1.82) is 0 Å². The molecule has 0 aromatic carbocycles. The number of aromatic nitrogens is 2. The smallest absolute Gasteiger partial charge is 0.135 e. The third-order valence-corrected chi connectivity index (χ3v) is 3.54. The van der Waals surface area contributed by atoms with Crippen LogP contribution in [0, 0.1) is 6.92 Å². The first-order valence-corrected chi connectivity index (χ1v) is 7.82. The van der Waals surface area contributed by atoms with E-state index in [4.69, 9.17) is 0 Å². The van der Waals surface area contributed by atoms with E-state index in [-0.39, 0.29) is 0 Å². The molecule has 0 amide bonds. The monoisotopic (exact) mass is 268 g/mol. The molecule has 0 aliphatic carbocycles. The number of hydrogen-bond donors (Lipinski definition) is 2. The van der Waals surface area contributed by atoms with E-state index < -0.39 is 0 Å². The van der Waals surface area contributed by atoms with Crippen molar-refractivity contribution in [1.82, 2.24) is 9.97 Å².